The fourth-order valence-electron chi connectivity index (χ4n) is 3.14. The number of methoxy groups -OCH3 is 2. The summed E-state index contributed by atoms with van der Waals surface area (Å²) in [5.74, 6) is 1.68. The lowest BCUT2D eigenvalue weighted by Crippen LogP contribution is -2.23. The number of hydrogen-bond acceptors (Lipinski definition) is 6. The van der Waals surface area contributed by atoms with Crippen LogP contribution in [0.4, 0.5) is 0 Å². The van der Waals surface area contributed by atoms with E-state index in [1.165, 1.54) is 0 Å². The zero-order valence-electron chi connectivity index (χ0n) is 20.1. The van der Waals surface area contributed by atoms with Crippen molar-refractivity contribution in [3.05, 3.63) is 77.1 Å². The molecule has 35 heavy (non-hydrogen) atoms. The van der Waals surface area contributed by atoms with E-state index >= 15 is 0 Å². The number of hydrogen-bond donors (Lipinski definition) is 2. The normalized spacial score (nSPS) is 11.0. The summed E-state index contributed by atoms with van der Waals surface area (Å²) in [5, 5.41) is 0. The van der Waals surface area contributed by atoms with Gasteiger partial charge in [-0.2, -0.15) is 9.97 Å². The summed E-state index contributed by atoms with van der Waals surface area (Å²) in [6, 6.07) is 17.8. The van der Waals surface area contributed by atoms with Crippen molar-refractivity contribution in [1.29, 1.82) is 0 Å². The molecular weight excluding hydrogens is 442 g/mol. The van der Waals surface area contributed by atoms with Crippen molar-refractivity contribution < 1.29 is 14.2 Å². The summed E-state index contributed by atoms with van der Waals surface area (Å²) in [5.41, 5.74) is 14.2. The molecule has 1 heterocycles. The van der Waals surface area contributed by atoms with Crippen molar-refractivity contribution in [2.75, 3.05) is 27.4 Å². The molecule has 0 amide bonds. The monoisotopic (exact) mass is 473 g/mol. The molecular formula is C27H31N5O3. The zero-order chi connectivity index (χ0) is 24.9. The highest BCUT2D eigenvalue weighted by atomic mass is 16.5. The quantitative estimate of drug-likeness (QED) is 0.229. The first-order valence-corrected chi connectivity index (χ1v) is 11.3. The van der Waals surface area contributed by atoms with Crippen LogP contribution >= 0.6 is 0 Å². The van der Waals surface area contributed by atoms with Gasteiger partial charge >= 0.3 is 6.01 Å². The number of benzene rings is 2. The third-order valence-electron chi connectivity index (χ3n) is 4.90. The van der Waals surface area contributed by atoms with Gasteiger partial charge in [0.1, 0.15) is 11.5 Å². The molecule has 0 bridgehead atoms. The molecule has 0 atom stereocenters. The van der Waals surface area contributed by atoms with Gasteiger partial charge in [-0.1, -0.05) is 36.4 Å². The highest BCUT2D eigenvalue weighted by Crippen LogP contribution is 2.18. The number of nitrogens with zero attached hydrogens (tertiary/aromatic N) is 3. The maximum absolute atomic E-state index is 5.83. The predicted octanol–water partition coefficient (Wildman–Crippen LogP) is 4.27. The Morgan fingerprint density at radius 2 is 1.37 bits per heavy atom. The van der Waals surface area contributed by atoms with Gasteiger partial charge in [-0.3, -0.25) is 4.99 Å². The average Bonchev–Trinajstić information content (AvgIpc) is 2.88. The summed E-state index contributed by atoms with van der Waals surface area (Å²) < 4.78 is 16.4. The van der Waals surface area contributed by atoms with Crippen LogP contribution in [0.5, 0.6) is 17.5 Å². The second-order valence-corrected chi connectivity index (χ2v) is 7.58. The Kier molecular flexibility index (Phi) is 9.68. The van der Waals surface area contributed by atoms with E-state index in [1.807, 2.05) is 78.9 Å². The minimum Gasteiger partial charge on any atom is -0.497 e. The van der Waals surface area contributed by atoms with E-state index in [4.69, 9.17) is 25.7 Å². The smallest absolute Gasteiger partial charge is 0.317 e. The van der Waals surface area contributed by atoms with Crippen LogP contribution in [-0.2, 0) is 0 Å². The number of nitrogens with two attached hydrogens (primary N) is 2. The van der Waals surface area contributed by atoms with Gasteiger partial charge in [0.05, 0.1) is 32.2 Å². The molecule has 0 saturated heterocycles. The molecule has 3 rings (SSSR count). The second kappa shape index (κ2) is 13.4. The Morgan fingerprint density at radius 3 is 1.89 bits per heavy atom. The van der Waals surface area contributed by atoms with Crippen LogP contribution in [0.25, 0.3) is 24.3 Å². The summed E-state index contributed by atoms with van der Waals surface area (Å²) in [6.07, 6.45) is 9.36. The maximum Gasteiger partial charge on any atom is 0.317 e. The summed E-state index contributed by atoms with van der Waals surface area (Å²) in [6.45, 7) is 1.02. The van der Waals surface area contributed by atoms with Crippen molar-refractivity contribution in [1.82, 2.24) is 9.97 Å². The first kappa shape index (κ1) is 25.3. The molecule has 0 spiro atoms. The molecule has 2 aromatic carbocycles. The third-order valence-corrected chi connectivity index (χ3v) is 4.90. The lowest BCUT2D eigenvalue weighted by molar-refractivity contribution is 0.283. The number of aromatic nitrogens is 2. The molecule has 4 N–H and O–H groups in total. The van der Waals surface area contributed by atoms with Crippen LogP contribution in [0.15, 0.2) is 59.6 Å². The number of unbranched alkanes of at least 4 members (excludes halogenated alkanes) is 1. The summed E-state index contributed by atoms with van der Waals surface area (Å²) in [4.78, 5) is 13.1. The number of ether oxygens (including phenoxy) is 3. The van der Waals surface area contributed by atoms with Gasteiger partial charge in [0.2, 0.25) is 0 Å². The molecule has 0 unspecified atom stereocenters. The largest absolute Gasteiger partial charge is 0.497 e. The van der Waals surface area contributed by atoms with Crippen LogP contribution in [0.3, 0.4) is 0 Å². The van der Waals surface area contributed by atoms with Crippen LogP contribution < -0.4 is 25.7 Å². The first-order chi connectivity index (χ1) is 17.1. The van der Waals surface area contributed by atoms with Crippen LogP contribution in [0.2, 0.25) is 0 Å². The molecule has 0 aliphatic carbocycles. The highest BCUT2D eigenvalue weighted by Gasteiger charge is 2.04. The lowest BCUT2D eigenvalue weighted by atomic mass is 10.1. The molecule has 1 aromatic heterocycles. The van der Waals surface area contributed by atoms with Crippen molar-refractivity contribution in [3.8, 4) is 17.5 Å². The second-order valence-electron chi connectivity index (χ2n) is 7.58. The molecule has 3 aromatic rings. The van der Waals surface area contributed by atoms with E-state index < -0.39 is 0 Å². The SMILES string of the molecule is COc1cccc(C=Cc2cc(C=Cc3cccc(OC)c3)nc(OCCCCN=C(N)N)n2)c1. The fourth-order valence-corrected chi connectivity index (χ4v) is 3.14. The Hall–Kier alpha value is -4.33. The van der Waals surface area contributed by atoms with Crippen molar-refractivity contribution in [2.24, 2.45) is 16.5 Å². The molecule has 0 radical (unpaired) electrons. The van der Waals surface area contributed by atoms with Gasteiger partial charge < -0.3 is 25.7 Å². The first-order valence-electron chi connectivity index (χ1n) is 11.3. The van der Waals surface area contributed by atoms with Gasteiger partial charge in [-0.25, -0.2) is 0 Å². The van der Waals surface area contributed by atoms with Gasteiger partial charge in [0.15, 0.2) is 5.96 Å². The fraction of sp³-hybridized carbons (Fsp3) is 0.222. The molecule has 8 heteroatoms. The topological polar surface area (TPSA) is 118 Å². The van der Waals surface area contributed by atoms with E-state index in [-0.39, 0.29) is 5.96 Å². The van der Waals surface area contributed by atoms with Gasteiger partial charge in [-0.05, 0) is 66.5 Å². The number of rotatable bonds is 12. The average molecular weight is 474 g/mol. The molecule has 0 fully saturated rings. The molecule has 8 nitrogen and oxygen atoms in total. The van der Waals surface area contributed by atoms with Gasteiger partial charge in [-0.15, -0.1) is 0 Å². The lowest BCUT2D eigenvalue weighted by Gasteiger charge is -2.06. The number of aliphatic imine (C=N–C) groups is 1. The van der Waals surface area contributed by atoms with Crippen molar-refractivity contribution >= 4 is 30.3 Å². The molecule has 0 aliphatic rings. The van der Waals surface area contributed by atoms with Crippen LogP contribution in [-0.4, -0.2) is 43.3 Å². The molecule has 0 aliphatic heterocycles. The Morgan fingerprint density at radius 1 is 0.800 bits per heavy atom. The Balaban J connectivity index is 1.78. The van der Waals surface area contributed by atoms with Crippen molar-refractivity contribution in [3.63, 3.8) is 0 Å². The molecule has 0 saturated carbocycles. The maximum atomic E-state index is 5.83. The van der Waals surface area contributed by atoms with E-state index in [0.717, 1.165) is 46.9 Å². The van der Waals surface area contributed by atoms with E-state index in [2.05, 4.69) is 15.0 Å². The van der Waals surface area contributed by atoms with E-state index in [1.54, 1.807) is 14.2 Å². The number of guanidine groups is 1. The van der Waals surface area contributed by atoms with Crippen LogP contribution in [0, 0.1) is 0 Å². The Labute approximate surface area is 206 Å². The highest BCUT2D eigenvalue weighted by molar-refractivity contribution is 5.75. The van der Waals surface area contributed by atoms with E-state index in [0.29, 0.717) is 19.2 Å². The minimum atomic E-state index is 0.0947. The predicted molar refractivity (Wildman–Crippen MR) is 141 cm³/mol. The van der Waals surface area contributed by atoms with E-state index in [9.17, 15) is 0 Å². The van der Waals surface area contributed by atoms with Crippen molar-refractivity contribution in [2.45, 2.75) is 12.8 Å². The standard InChI is InChI=1S/C27H31N5O3/c1-33-24-9-5-7-20(17-24)11-13-22-19-23(14-12-21-8-6-10-25(18-21)34-2)32-27(31-22)35-16-4-3-15-30-26(28)29/h5-14,17-19H,3-4,15-16H2,1-2H3,(H4,28,29,30). The summed E-state index contributed by atoms with van der Waals surface area (Å²) in [7, 11) is 3.30. The van der Waals surface area contributed by atoms with Gasteiger partial charge in [0.25, 0.3) is 0 Å². The van der Waals surface area contributed by atoms with Gasteiger partial charge in [0, 0.05) is 6.54 Å². The third kappa shape index (κ3) is 8.85. The van der Waals surface area contributed by atoms with Crippen LogP contribution in [0.1, 0.15) is 35.4 Å². The Bertz CT molecular complexity index is 1110. The minimum absolute atomic E-state index is 0.0947. The zero-order valence-corrected chi connectivity index (χ0v) is 20.1. The molecule has 182 valence electrons. The summed E-state index contributed by atoms with van der Waals surface area (Å²) >= 11 is 0.